The molecule has 0 bridgehead atoms. The lowest BCUT2D eigenvalue weighted by atomic mass is 9.98. The lowest BCUT2D eigenvalue weighted by Gasteiger charge is -2.32. The summed E-state index contributed by atoms with van der Waals surface area (Å²) in [6, 6.07) is 14.4. The molecule has 0 spiro atoms. The first-order chi connectivity index (χ1) is 16.9. The molecule has 1 fully saturated rings. The van der Waals surface area contributed by atoms with Gasteiger partial charge in [-0.1, -0.05) is 0 Å². The topological polar surface area (TPSA) is 118 Å². The van der Waals surface area contributed by atoms with Crippen LogP contribution < -0.4 is 14.2 Å². The Morgan fingerprint density at radius 3 is 2.33 bits per heavy atom. The number of likely N-dealkylation sites (tertiary alicyclic amines) is 1. The molecule has 3 aromatic rings. The van der Waals surface area contributed by atoms with E-state index in [0.717, 1.165) is 67.1 Å². The van der Waals surface area contributed by atoms with Crippen LogP contribution in [-0.4, -0.2) is 58.9 Å². The van der Waals surface area contributed by atoms with Crippen molar-refractivity contribution in [3.63, 3.8) is 0 Å². The average molecular weight is 533 g/mol. The van der Waals surface area contributed by atoms with Crippen molar-refractivity contribution in [2.45, 2.75) is 26.3 Å². The summed E-state index contributed by atoms with van der Waals surface area (Å²) in [4.78, 5) is 7.21. The molecule has 4 rings (SSSR count). The summed E-state index contributed by atoms with van der Waals surface area (Å²) < 4.78 is 56.7. The van der Waals surface area contributed by atoms with Crippen LogP contribution in [0.15, 0.2) is 48.5 Å². The third-order valence-electron chi connectivity index (χ3n) is 6.00. The van der Waals surface area contributed by atoms with Crippen LogP contribution >= 0.6 is 0 Å². The summed E-state index contributed by atoms with van der Waals surface area (Å²) in [5.41, 5.74) is 3.92. The fraction of sp³-hybridized carbons (Fsp3) is 0.400. The Hall–Kier alpha value is -2.89. The number of nitrogens with one attached hydrogen (secondary N) is 2. The number of nitrogens with zero attached hydrogens (tertiary/aromatic N) is 2. The van der Waals surface area contributed by atoms with Crippen LogP contribution in [0.1, 0.15) is 24.1 Å². The second-order valence-electron chi connectivity index (χ2n) is 9.49. The highest BCUT2D eigenvalue weighted by atomic mass is 32.2. The third kappa shape index (κ3) is 7.55. The van der Waals surface area contributed by atoms with Crippen LogP contribution in [0, 0.1) is 12.8 Å². The van der Waals surface area contributed by atoms with E-state index >= 15 is 0 Å². The second-order valence-corrected chi connectivity index (χ2v) is 13.0. The Morgan fingerprint density at radius 1 is 0.972 bits per heavy atom. The Kier molecular flexibility index (Phi) is 7.72. The molecule has 1 aromatic heterocycles. The highest BCUT2D eigenvalue weighted by molar-refractivity contribution is 7.92. The van der Waals surface area contributed by atoms with Gasteiger partial charge in [0.2, 0.25) is 20.0 Å². The number of pyridine rings is 1. The van der Waals surface area contributed by atoms with E-state index in [1.54, 1.807) is 30.3 Å². The van der Waals surface area contributed by atoms with E-state index < -0.39 is 20.0 Å². The summed E-state index contributed by atoms with van der Waals surface area (Å²) in [5.74, 6) is 1.10. The molecule has 36 heavy (non-hydrogen) atoms. The molecule has 1 saturated heterocycles. The lowest BCUT2D eigenvalue weighted by molar-refractivity contribution is 0.124. The SMILES string of the molecule is Cc1cc(CN2CCCC(COc3ccc(NS(C)(=O)=O)cc3)C2)nc2ccc(NS(C)(=O)=O)cc12. The van der Waals surface area contributed by atoms with Crippen LogP contribution in [0.2, 0.25) is 0 Å². The van der Waals surface area contributed by atoms with Gasteiger partial charge in [-0.15, -0.1) is 0 Å². The standard InChI is InChI=1S/C25H32N4O5S2/c1-18-13-22(26-25-11-8-21(14-24(18)25)28-36(3,32)33)16-29-12-4-5-19(15-29)17-34-23-9-6-20(7-10-23)27-35(2,30)31/h6-11,13-14,19,27-28H,4-5,12,15-17H2,1-3H3. The highest BCUT2D eigenvalue weighted by Gasteiger charge is 2.21. The fourth-order valence-corrected chi connectivity index (χ4v) is 5.65. The first kappa shape index (κ1) is 26.2. The van der Waals surface area contributed by atoms with Gasteiger partial charge in [0.1, 0.15) is 5.75 Å². The number of ether oxygens (including phenoxy) is 1. The molecule has 0 aliphatic carbocycles. The van der Waals surface area contributed by atoms with Gasteiger partial charge in [-0.25, -0.2) is 16.8 Å². The molecular weight excluding hydrogens is 500 g/mol. The predicted octanol–water partition coefficient (Wildman–Crippen LogP) is 3.58. The molecule has 9 nitrogen and oxygen atoms in total. The van der Waals surface area contributed by atoms with Crippen molar-refractivity contribution in [2.24, 2.45) is 5.92 Å². The van der Waals surface area contributed by atoms with Gasteiger partial charge in [0.25, 0.3) is 0 Å². The van der Waals surface area contributed by atoms with E-state index in [-0.39, 0.29) is 0 Å². The zero-order valence-electron chi connectivity index (χ0n) is 20.7. The average Bonchev–Trinajstić information content (AvgIpc) is 2.77. The van der Waals surface area contributed by atoms with Gasteiger partial charge in [0, 0.05) is 35.8 Å². The summed E-state index contributed by atoms with van der Waals surface area (Å²) in [6.07, 6.45) is 4.43. The number of sulfonamides is 2. The minimum absolute atomic E-state index is 0.388. The molecule has 11 heteroatoms. The Balaban J connectivity index is 1.35. The van der Waals surface area contributed by atoms with E-state index in [1.165, 1.54) is 0 Å². The van der Waals surface area contributed by atoms with Crippen LogP contribution in [0.3, 0.4) is 0 Å². The molecule has 1 aliphatic heterocycles. The van der Waals surface area contributed by atoms with Crippen molar-refractivity contribution < 1.29 is 21.6 Å². The van der Waals surface area contributed by atoms with E-state index in [1.807, 2.05) is 19.1 Å². The van der Waals surface area contributed by atoms with Gasteiger partial charge in [0.15, 0.2) is 0 Å². The Labute approximate surface area is 213 Å². The van der Waals surface area contributed by atoms with Gasteiger partial charge >= 0.3 is 0 Å². The molecule has 0 saturated carbocycles. The predicted molar refractivity (Wildman–Crippen MR) is 143 cm³/mol. The molecule has 2 N–H and O–H groups in total. The van der Waals surface area contributed by atoms with Crippen molar-refractivity contribution in [3.8, 4) is 5.75 Å². The first-order valence-corrected chi connectivity index (χ1v) is 15.5. The zero-order chi connectivity index (χ0) is 25.9. The maximum Gasteiger partial charge on any atom is 0.229 e. The first-order valence-electron chi connectivity index (χ1n) is 11.7. The van der Waals surface area contributed by atoms with Crippen molar-refractivity contribution >= 4 is 42.3 Å². The van der Waals surface area contributed by atoms with Crippen molar-refractivity contribution in [2.75, 3.05) is 41.7 Å². The summed E-state index contributed by atoms with van der Waals surface area (Å²) in [7, 11) is -6.64. The van der Waals surface area contributed by atoms with Crippen LogP contribution in [0.25, 0.3) is 10.9 Å². The number of benzene rings is 2. The van der Waals surface area contributed by atoms with Crippen molar-refractivity contribution in [1.29, 1.82) is 0 Å². The minimum Gasteiger partial charge on any atom is -0.493 e. The van der Waals surface area contributed by atoms with E-state index in [9.17, 15) is 16.8 Å². The highest BCUT2D eigenvalue weighted by Crippen LogP contribution is 2.25. The molecule has 1 unspecified atom stereocenters. The Morgan fingerprint density at radius 2 is 1.64 bits per heavy atom. The maximum atomic E-state index is 11.5. The van der Waals surface area contributed by atoms with Crippen LogP contribution in [0.5, 0.6) is 5.75 Å². The number of aromatic nitrogens is 1. The number of rotatable bonds is 9. The molecule has 2 aromatic carbocycles. The number of hydrogen-bond donors (Lipinski definition) is 2. The minimum atomic E-state index is -3.33. The molecule has 0 radical (unpaired) electrons. The second kappa shape index (κ2) is 10.6. The maximum absolute atomic E-state index is 11.5. The van der Waals surface area contributed by atoms with Crippen LogP contribution in [0.4, 0.5) is 11.4 Å². The van der Waals surface area contributed by atoms with Crippen LogP contribution in [-0.2, 0) is 26.6 Å². The number of aryl methyl sites for hydroxylation is 1. The van der Waals surface area contributed by atoms with E-state index in [0.29, 0.717) is 29.6 Å². The molecule has 0 amide bonds. The summed E-state index contributed by atoms with van der Waals surface area (Å²) >= 11 is 0. The number of anilines is 2. The lowest BCUT2D eigenvalue weighted by Crippen LogP contribution is -2.37. The normalized spacial score (nSPS) is 17.1. The van der Waals surface area contributed by atoms with Gasteiger partial charge < -0.3 is 4.74 Å². The number of hydrogen-bond acceptors (Lipinski definition) is 7. The largest absolute Gasteiger partial charge is 0.493 e. The fourth-order valence-electron chi connectivity index (χ4n) is 4.53. The summed E-state index contributed by atoms with van der Waals surface area (Å²) in [6.45, 7) is 5.25. The smallest absolute Gasteiger partial charge is 0.229 e. The third-order valence-corrected chi connectivity index (χ3v) is 7.22. The number of piperidine rings is 1. The van der Waals surface area contributed by atoms with Crippen molar-refractivity contribution in [3.05, 3.63) is 59.8 Å². The molecule has 194 valence electrons. The molecule has 1 aliphatic rings. The van der Waals surface area contributed by atoms with Gasteiger partial charge in [-0.2, -0.15) is 0 Å². The van der Waals surface area contributed by atoms with E-state index in [2.05, 4.69) is 20.4 Å². The quantitative estimate of drug-likeness (QED) is 0.433. The van der Waals surface area contributed by atoms with Crippen molar-refractivity contribution in [1.82, 2.24) is 9.88 Å². The zero-order valence-corrected chi connectivity index (χ0v) is 22.3. The molecular formula is C25H32N4O5S2. The monoisotopic (exact) mass is 532 g/mol. The molecule has 2 heterocycles. The van der Waals surface area contributed by atoms with E-state index in [4.69, 9.17) is 9.72 Å². The van der Waals surface area contributed by atoms with Gasteiger partial charge in [0.05, 0.1) is 30.3 Å². The number of fused-ring (bicyclic) bond motifs is 1. The van der Waals surface area contributed by atoms with Gasteiger partial charge in [-0.05, 0) is 80.4 Å². The van der Waals surface area contributed by atoms with Gasteiger partial charge in [-0.3, -0.25) is 19.3 Å². The summed E-state index contributed by atoms with van der Waals surface area (Å²) in [5, 5.41) is 0.926. The molecule has 1 atom stereocenters. The Bertz CT molecular complexity index is 1440.